The summed E-state index contributed by atoms with van der Waals surface area (Å²) in [6.45, 7) is 3.89. The number of phenolic OH excluding ortho intramolecular Hbond substituents is 1. The maximum Gasteiger partial charge on any atom is 0.147 e. The highest BCUT2D eigenvalue weighted by atomic mass is 35.5. The fraction of sp³-hybridized carbons (Fsp3) is 0.136. The number of hydrogen-bond donors (Lipinski definition) is 2. The molecule has 0 aliphatic heterocycles. The molecule has 0 aliphatic carbocycles. The molecule has 0 aliphatic rings. The Morgan fingerprint density at radius 2 is 1.89 bits per heavy atom. The number of phenols is 1. The van der Waals surface area contributed by atoms with E-state index in [0.717, 1.165) is 22.3 Å². The maximum atomic E-state index is 11.0. The minimum absolute atomic E-state index is 0.150. The normalized spacial score (nSPS) is 12.3. The van der Waals surface area contributed by atoms with Gasteiger partial charge in [0.1, 0.15) is 23.1 Å². The van der Waals surface area contributed by atoms with Gasteiger partial charge in [0, 0.05) is 27.4 Å². The SMILES string of the molecule is Cc1ccc2ccc(C(Nc3ccc(Cl)cc3C)c3ccco3)c(O)c2n1. The average Bonchev–Trinajstić information content (AvgIpc) is 3.17. The molecule has 4 aromatic rings. The first-order valence-corrected chi connectivity index (χ1v) is 9.06. The number of nitrogens with zero attached hydrogens (tertiary/aromatic N) is 1. The number of pyridine rings is 1. The van der Waals surface area contributed by atoms with Crippen molar-refractivity contribution in [3.05, 3.63) is 88.5 Å². The van der Waals surface area contributed by atoms with Crippen LogP contribution in [0.15, 0.2) is 65.3 Å². The van der Waals surface area contributed by atoms with Gasteiger partial charge in [0.15, 0.2) is 0 Å². The Hall–Kier alpha value is -2.98. The molecule has 1 unspecified atom stereocenters. The van der Waals surface area contributed by atoms with Crippen LogP contribution in [0.1, 0.15) is 28.6 Å². The second-order valence-corrected chi connectivity index (χ2v) is 7.02. The van der Waals surface area contributed by atoms with Crippen molar-refractivity contribution in [1.29, 1.82) is 0 Å². The van der Waals surface area contributed by atoms with E-state index in [1.165, 1.54) is 0 Å². The van der Waals surface area contributed by atoms with Crippen molar-refractivity contribution in [3.8, 4) is 5.75 Å². The van der Waals surface area contributed by atoms with E-state index in [0.29, 0.717) is 21.9 Å². The van der Waals surface area contributed by atoms with Crippen LogP contribution in [0, 0.1) is 13.8 Å². The molecule has 2 aromatic carbocycles. The second kappa shape index (κ2) is 6.97. The zero-order valence-corrected chi connectivity index (χ0v) is 15.8. The number of aromatic nitrogens is 1. The molecule has 2 aromatic heterocycles. The van der Waals surface area contributed by atoms with Gasteiger partial charge in [-0.25, -0.2) is 4.98 Å². The molecule has 136 valence electrons. The average molecular weight is 379 g/mol. The summed E-state index contributed by atoms with van der Waals surface area (Å²) < 4.78 is 5.66. The zero-order chi connectivity index (χ0) is 19.0. The van der Waals surface area contributed by atoms with Crippen molar-refractivity contribution in [3.63, 3.8) is 0 Å². The molecular formula is C22H19ClN2O2. The van der Waals surface area contributed by atoms with Crippen molar-refractivity contribution in [2.75, 3.05) is 5.32 Å². The van der Waals surface area contributed by atoms with Crippen LogP contribution in [-0.2, 0) is 0 Å². The lowest BCUT2D eigenvalue weighted by atomic mass is 9.99. The predicted molar refractivity (Wildman–Crippen MR) is 109 cm³/mol. The van der Waals surface area contributed by atoms with Crippen molar-refractivity contribution in [2.45, 2.75) is 19.9 Å². The van der Waals surface area contributed by atoms with E-state index < -0.39 is 0 Å². The summed E-state index contributed by atoms with van der Waals surface area (Å²) >= 11 is 6.08. The summed E-state index contributed by atoms with van der Waals surface area (Å²) in [6, 6.07) is 16.8. The Morgan fingerprint density at radius 1 is 1.07 bits per heavy atom. The van der Waals surface area contributed by atoms with E-state index in [4.69, 9.17) is 16.0 Å². The quantitative estimate of drug-likeness (QED) is 0.457. The Kier molecular flexibility index (Phi) is 4.50. The Balaban J connectivity index is 1.84. The van der Waals surface area contributed by atoms with Crippen molar-refractivity contribution in [2.24, 2.45) is 0 Å². The molecule has 0 bridgehead atoms. The summed E-state index contributed by atoms with van der Waals surface area (Å²) in [5.74, 6) is 0.850. The Morgan fingerprint density at radius 3 is 2.63 bits per heavy atom. The lowest BCUT2D eigenvalue weighted by Gasteiger charge is -2.21. The van der Waals surface area contributed by atoms with Crippen LogP contribution >= 0.6 is 11.6 Å². The van der Waals surface area contributed by atoms with E-state index in [1.807, 2.05) is 68.4 Å². The van der Waals surface area contributed by atoms with Gasteiger partial charge in [-0.15, -0.1) is 0 Å². The highest BCUT2D eigenvalue weighted by molar-refractivity contribution is 6.30. The van der Waals surface area contributed by atoms with Crippen LogP contribution in [0.5, 0.6) is 5.75 Å². The number of hydrogen-bond acceptors (Lipinski definition) is 4. The van der Waals surface area contributed by atoms with Crippen molar-refractivity contribution in [1.82, 2.24) is 4.98 Å². The number of fused-ring (bicyclic) bond motifs is 1. The van der Waals surface area contributed by atoms with Gasteiger partial charge >= 0.3 is 0 Å². The molecule has 0 saturated carbocycles. The number of aryl methyl sites for hydroxylation is 2. The first-order chi connectivity index (χ1) is 13.0. The third-order valence-electron chi connectivity index (χ3n) is 4.63. The third kappa shape index (κ3) is 3.36. The van der Waals surface area contributed by atoms with Crippen LogP contribution in [-0.4, -0.2) is 10.1 Å². The first kappa shape index (κ1) is 17.4. The van der Waals surface area contributed by atoms with E-state index in [-0.39, 0.29) is 11.8 Å². The predicted octanol–water partition coefficient (Wildman–Crippen LogP) is 6.01. The minimum Gasteiger partial charge on any atom is -0.505 e. The topological polar surface area (TPSA) is 58.3 Å². The number of nitrogens with one attached hydrogen (secondary N) is 1. The molecule has 0 spiro atoms. The second-order valence-electron chi connectivity index (χ2n) is 6.58. The van der Waals surface area contributed by atoms with Crippen LogP contribution in [0.3, 0.4) is 0 Å². The summed E-state index contributed by atoms with van der Waals surface area (Å²) in [4.78, 5) is 4.51. The lowest BCUT2D eigenvalue weighted by molar-refractivity contribution is 0.458. The van der Waals surface area contributed by atoms with E-state index >= 15 is 0 Å². The standard InChI is InChI=1S/C22H19ClN2O2/c1-13-12-16(23)8-10-18(13)25-21(19-4-3-11-27-19)17-9-7-15-6-5-14(2)24-20(15)22(17)26/h3-12,21,25-26H,1-2H3. The van der Waals surface area contributed by atoms with Gasteiger partial charge in [0.2, 0.25) is 0 Å². The Bertz CT molecular complexity index is 1110. The molecule has 4 nitrogen and oxygen atoms in total. The fourth-order valence-electron chi connectivity index (χ4n) is 3.22. The summed E-state index contributed by atoms with van der Waals surface area (Å²) in [6.07, 6.45) is 1.62. The van der Waals surface area contributed by atoms with E-state index in [9.17, 15) is 5.11 Å². The molecule has 0 saturated heterocycles. The molecule has 0 amide bonds. The molecule has 0 fully saturated rings. The van der Waals surface area contributed by atoms with Crippen LogP contribution in [0.2, 0.25) is 5.02 Å². The van der Waals surface area contributed by atoms with Gasteiger partial charge in [-0.1, -0.05) is 29.8 Å². The number of anilines is 1. The molecule has 4 rings (SSSR count). The van der Waals surface area contributed by atoms with Crippen LogP contribution in [0.4, 0.5) is 5.69 Å². The molecule has 2 N–H and O–H groups in total. The third-order valence-corrected chi connectivity index (χ3v) is 4.87. The largest absolute Gasteiger partial charge is 0.505 e. The molecule has 0 radical (unpaired) electrons. The monoisotopic (exact) mass is 378 g/mol. The fourth-order valence-corrected chi connectivity index (χ4v) is 3.45. The number of furan rings is 1. The van der Waals surface area contributed by atoms with Gasteiger partial charge in [0.25, 0.3) is 0 Å². The van der Waals surface area contributed by atoms with Crippen LogP contribution in [0.25, 0.3) is 10.9 Å². The molecule has 5 heteroatoms. The molecule has 2 heterocycles. The minimum atomic E-state index is -0.369. The van der Waals surface area contributed by atoms with Gasteiger partial charge in [-0.2, -0.15) is 0 Å². The van der Waals surface area contributed by atoms with Gasteiger partial charge in [0.05, 0.1) is 6.26 Å². The number of benzene rings is 2. The molecule has 1 atom stereocenters. The van der Waals surface area contributed by atoms with Crippen molar-refractivity contribution < 1.29 is 9.52 Å². The van der Waals surface area contributed by atoms with Gasteiger partial charge in [-0.05, 0) is 55.8 Å². The summed E-state index contributed by atoms with van der Waals surface area (Å²) in [5, 5.41) is 16.0. The summed E-state index contributed by atoms with van der Waals surface area (Å²) in [7, 11) is 0. The first-order valence-electron chi connectivity index (χ1n) is 8.68. The van der Waals surface area contributed by atoms with Crippen molar-refractivity contribution >= 4 is 28.2 Å². The smallest absolute Gasteiger partial charge is 0.147 e. The maximum absolute atomic E-state index is 11.0. The highest BCUT2D eigenvalue weighted by Gasteiger charge is 2.22. The summed E-state index contributed by atoms with van der Waals surface area (Å²) in [5.41, 5.74) is 4.06. The van der Waals surface area contributed by atoms with E-state index in [1.54, 1.807) is 6.26 Å². The van der Waals surface area contributed by atoms with Gasteiger partial charge < -0.3 is 14.8 Å². The zero-order valence-electron chi connectivity index (χ0n) is 15.0. The number of aromatic hydroxyl groups is 1. The molecule has 27 heavy (non-hydrogen) atoms. The lowest BCUT2D eigenvalue weighted by Crippen LogP contribution is -2.13. The molecular weight excluding hydrogens is 360 g/mol. The van der Waals surface area contributed by atoms with Crippen LogP contribution < -0.4 is 5.32 Å². The highest BCUT2D eigenvalue weighted by Crippen LogP contribution is 2.37. The van der Waals surface area contributed by atoms with Gasteiger partial charge in [-0.3, -0.25) is 0 Å². The van der Waals surface area contributed by atoms with E-state index in [2.05, 4.69) is 10.3 Å². The Labute approximate surface area is 162 Å². The number of rotatable bonds is 4. The number of halogens is 1.